The van der Waals surface area contributed by atoms with E-state index in [0.717, 1.165) is 5.56 Å². The van der Waals surface area contributed by atoms with Crippen molar-refractivity contribution in [3.05, 3.63) is 29.8 Å². The van der Waals surface area contributed by atoms with Crippen molar-refractivity contribution in [2.45, 2.75) is 0 Å². The van der Waals surface area contributed by atoms with Gasteiger partial charge < -0.3 is 10.1 Å². The predicted octanol–water partition coefficient (Wildman–Crippen LogP) is 1.29. The van der Waals surface area contributed by atoms with E-state index in [2.05, 4.69) is 5.10 Å². The number of nitrogens with zero attached hydrogens (tertiary/aromatic N) is 2. The minimum Gasteiger partial charge on any atom is -0.508 e. The molecule has 0 amide bonds. The summed E-state index contributed by atoms with van der Waals surface area (Å²) in [4.78, 5) is 0. The Labute approximate surface area is 71.9 Å². The largest absolute Gasteiger partial charge is 0.508 e. The molecule has 3 nitrogen and oxygen atoms in total. The number of benzene rings is 1. The van der Waals surface area contributed by atoms with Gasteiger partial charge in [0, 0.05) is 14.1 Å². The number of rotatable bonds is 2. The Bertz CT molecular complexity index is 264. The van der Waals surface area contributed by atoms with E-state index in [-0.39, 0.29) is 5.75 Å². The summed E-state index contributed by atoms with van der Waals surface area (Å²) in [7, 11) is 3.72. The van der Waals surface area contributed by atoms with Crippen LogP contribution in [0.1, 0.15) is 5.56 Å². The van der Waals surface area contributed by atoms with E-state index in [1.165, 1.54) is 0 Å². The molecule has 1 rings (SSSR count). The maximum absolute atomic E-state index is 8.98. The molecule has 0 aliphatic rings. The summed E-state index contributed by atoms with van der Waals surface area (Å²) in [5, 5.41) is 14.7. The van der Waals surface area contributed by atoms with Gasteiger partial charge in [0.2, 0.25) is 0 Å². The fourth-order valence-electron chi connectivity index (χ4n) is 0.743. The van der Waals surface area contributed by atoms with Crippen molar-refractivity contribution in [1.29, 1.82) is 0 Å². The molecular weight excluding hydrogens is 152 g/mol. The van der Waals surface area contributed by atoms with Gasteiger partial charge in [0.25, 0.3) is 0 Å². The molecule has 0 aromatic heterocycles. The highest BCUT2D eigenvalue weighted by Crippen LogP contribution is 2.07. The first-order valence-electron chi connectivity index (χ1n) is 3.69. The van der Waals surface area contributed by atoms with Crippen LogP contribution in [0.25, 0.3) is 0 Å². The monoisotopic (exact) mass is 164 g/mol. The summed E-state index contributed by atoms with van der Waals surface area (Å²) in [5.74, 6) is 0.275. The fraction of sp³-hybridized carbons (Fsp3) is 0.222. The van der Waals surface area contributed by atoms with E-state index in [1.807, 2.05) is 26.2 Å². The number of hydrazone groups is 1. The summed E-state index contributed by atoms with van der Waals surface area (Å²) < 4.78 is 0. The number of phenolic OH excluding ortho intramolecular Hbond substituents is 1. The third-order valence-corrected chi connectivity index (χ3v) is 1.33. The van der Waals surface area contributed by atoms with Gasteiger partial charge in [-0.05, 0) is 29.8 Å². The van der Waals surface area contributed by atoms with E-state index >= 15 is 0 Å². The molecule has 0 spiro atoms. The SMILES string of the molecule is CN(C)/N=C/c1ccc(O)cc1. The first-order chi connectivity index (χ1) is 5.68. The van der Waals surface area contributed by atoms with Crippen LogP contribution in [-0.4, -0.2) is 30.4 Å². The molecule has 64 valence electrons. The van der Waals surface area contributed by atoms with Crippen molar-refractivity contribution >= 4 is 6.21 Å². The van der Waals surface area contributed by atoms with Crippen LogP contribution in [0, 0.1) is 0 Å². The first-order valence-corrected chi connectivity index (χ1v) is 3.69. The van der Waals surface area contributed by atoms with Crippen molar-refractivity contribution in [1.82, 2.24) is 5.01 Å². The molecular formula is C9H12N2O. The zero-order chi connectivity index (χ0) is 8.97. The fourth-order valence-corrected chi connectivity index (χ4v) is 0.743. The lowest BCUT2D eigenvalue weighted by molar-refractivity contribution is 0.440. The second-order valence-corrected chi connectivity index (χ2v) is 2.68. The van der Waals surface area contributed by atoms with Crippen molar-refractivity contribution in [3.8, 4) is 5.75 Å². The van der Waals surface area contributed by atoms with Crippen molar-refractivity contribution in [2.24, 2.45) is 5.10 Å². The van der Waals surface area contributed by atoms with Crippen LogP contribution in [0.2, 0.25) is 0 Å². The van der Waals surface area contributed by atoms with Gasteiger partial charge in [0.05, 0.1) is 6.21 Å². The Morgan fingerprint density at radius 1 is 1.25 bits per heavy atom. The quantitative estimate of drug-likeness (QED) is 0.528. The van der Waals surface area contributed by atoms with E-state index in [9.17, 15) is 0 Å². The molecule has 0 aliphatic carbocycles. The summed E-state index contributed by atoms with van der Waals surface area (Å²) in [5.41, 5.74) is 0.974. The molecule has 0 fully saturated rings. The third kappa shape index (κ3) is 2.62. The number of hydrogen-bond donors (Lipinski definition) is 1. The molecule has 0 radical (unpaired) electrons. The maximum Gasteiger partial charge on any atom is 0.115 e. The summed E-state index contributed by atoms with van der Waals surface area (Å²) in [6.07, 6.45) is 1.74. The van der Waals surface area contributed by atoms with Crippen LogP contribution in [0.3, 0.4) is 0 Å². The molecule has 0 atom stereocenters. The van der Waals surface area contributed by atoms with Crippen LogP contribution >= 0.6 is 0 Å². The minimum atomic E-state index is 0.275. The van der Waals surface area contributed by atoms with Gasteiger partial charge in [-0.15, -0.1) is 0 Å². The highest BCUT2D eigenvalue weighted by molar-refractivity contribution is 5.79. The Balaban J connectivity index is 2.71. The molecule has 0 heterocycles. The summed E-state index contributed by atoms with van der Waals surface area (Å²) in [6.45, 7) is 0. The molecule has 1 aromatic carbocycles. The van der Waals surface area contributed by atoms with Crippen molar-refractivity contribution in [2.75, 3.05) is 14.1 Å². The Kier molecular flexibility index (Phi) is 2.69. The summed E-state index contributed by atoms with van der Waals surface area (Å²) in [6, 6.07) is 6.89. The van der Waals surface area contributed by atoms with Crippen LogP contribution < -0.4 is 0 Å². The highest BCUT2D eigenvalue weighted by Gasteiger charge is 1.87. The Hall–Kier alpha value is -1.51. The van der Waals surface area contributed by atoms with Crippen LogP contribution in [-0.2, 0) is 0 Å². The van der Waals surface area contributed by atoms with Crippen LogP contribution in [0.5, 0.6) is 5.75 Å². The van der Waals surface area contributed by atoms with Crippen LogP contribution in [0.15, 0.2) is 29.4 Å². The van der Waals surface area contributed by atoms with Crippen LogP contribution in [0.4, 0.5) is 0 Å². The molecule has 3 heteroatoms. The van der Waals surface area contributed by atoms with Gasteiger partial charge in [0.15, 0.2) is 0 Å². The zero-order valence-electron chi connectivity index (χ0n) is 7.23. The zero-order valence-corrected chi connectivity index (χ0v) is 7.23. The molecule has 0 saturated carbocycles. The van der Waals surface area contributed by atoms with Gasteiger partial charge in [-0.1, -0.05) is 0 Å². The molecule has 1 N–H and O–H groups in total. The van der Waals surface area contributed by atoms with E-state index in [1.54, 1.807) is 23.4 Å². The first kappa shape index (κ1) is 8.59. The number of hydrogen-bond acceptors (Lipinski definition) is 3. The van der Waals surface area contributed by atoms with Crippen molar-refractivity contribution in [3.63, 3.8) is 0 Å². The normalized spacial score (nSPS) is 10.5. The molecule has 0 bridgehead atoms. The minimum absolute atomic E-state index is 0.275. The molecule has 0 aliphatic heterocycles. The van der Waals surface area contributed by atoms with E-state index in [0.29, 0.717) is 0 Å². The average molecular weight is 164 g/mol. The second-order valence-electron chi connectivity index (χ2n) is 2.68. The average Bonchev–Trinajstić information content (AvgIpc) is 2.03. The lowest BCUT2D eigenvalue weighted by Gasteiger charge is -2.01. The van der Waals surface area contributed by atoms with Gasteiger partial charge in [-0.2, -0.15) is 5.10 Å². The van der Waals surface area contributed by atoms with E-state index < -0.39 is 0 Å². The highest BCUT2D eigenvalue weighted by atomic mass is 16.3. The topological polar surface area (TPSA) is 35.8 Å². The third-order valence-electron chi connectivity index (χ3n) is 1.33. The molecule has 0 unspecified atom stereocenters. The Morgan fingerprint density at radius 3 is 2.33 bits per heavy atom. The smallest absolute Gasteiger partial charge is 0.115 e. The predicted molar refractivity (Wildman–Crippen MR) is 49.4 cm³/mol. The van der Waals surface area contributed by atoms with Gasteiger partial charge >= 0.3 is 0 Å². The number of phenols is 1. The van der Waals surface area contributed by atoms with Gasteiger partial charge in [-0.25, -0.2) is 0 Å². The van der Waals surface area contributed by atoms with Gasteiger partial charge in [-0.3, -0.25) is 0 Å². The second kappa shape index (κ2) is 3.76. The van der Waals surface area contributed by atoms with Gasteiger partial charge in [0.1, 0.15) is 5.75 Å². The molecule has 1 aromatic rings. The summed E-state index contributed by atoms with van der Waals surface area (Å²) >= 11 is 0. The lowest BCUT2D eigenvalue weighted by Crippen LogP contribution is -2.01. The molecule has 12 heavy (non-hydrogen) atoms. The molecule has 0 saturated heterocycles. The number of aromatic hydroxyl groups is 1. The van der Waals surface area contributed by atoms with Crippen molar-refractivity contribution < 1.29 is 5.11 Å². The lowest BCUT2D eigenvalue weighted by atomic mass is 10.2. The van der Waals surface area contributed by atoms with E-state index in [4.69, 9.17) is 5.11 Å². The maximum atomic E-state index is 8.98. The standard InChI is InChI=1S/C9H12N2O/c1-11(2)10-7-8-3-5-9(12)6-4-8/h3-7,12H,1-2H3/b10-7+. The Morgan fingerprint density at radius 2 is 1.83 bits per heavy atom.